The molecule has 3 aromatic rings. The molecule has 9 heteroatoms. The normalized spacial score (nSPS) is 11.0. The fraction of sp³-hybridized carbons (Fsp3) is 0.120. The summed E-state index contributed by atoms with van der Waals surface area (Å²) in [5.74, 6) is 0.931. The highest BCUT2D eigenvalue weighted by atomic mass is 127. The van der Waals surface area contributed by atoms with Gasteiger partial charge in [-0.05, 0) is 118 Å². The predicted octanol–water partition coefficient (Wildman–Crippen LogP) is 7.73. The monoisotopic (exact) mass is 718 g/mol. The second kappa shape index (κ2) is 12.6. The van der Waals surface area contributed by atoms with Crippen molar-refractivity contribution in [1.29, 1.82) is 5.26 Å². The van der Waals surface area contributed by atoms with Gasteiger partial charge in [-0.15, -0.1) is 0 Å². The lowest BCUT2D eigenvalue weighted by Crippen LogP contribution is -2.13. The van der Waals surface area contributed by atoms with Gasteiger partial charge in [0.25, 0.3) is 5.91 Å². The van der Waals surface area contributed by atoms with E-state index in [0.29, 0.717) is 46.0 Å². The Morgan fingerprint density at radius 2 is 1.71 bits per heavy atom. The van der Waals surface area contributed by atoms with Gasteiger partial charge in [0.05, 0.1) is 23.8 Å². The van der Waals surface area contributed by atoms with Crippen LogP contribution in [0.2, 0.25) is 10.0 Å². The second-order valence-corrected chi connectivity index (χ2v) is 10.1. The van der Waals surface area contributed by atoms with Crippen LogP contribution in [-0.4, -0.2) is 12.5 Å². The third kappa shape index (κ3) is 7.25. The summed E-state index contributed by atoms with van der Waals surface area (Å²) in [6, 6.07) is 18.0. The number of hydrogen-bond donors (Lipinski definition) is 1. The van der Waals surface area contributed by atoms with E-state index in [1.807, 2.05) is 31.2 Å². The third-order valence-electron chi connectivity index (χ3n) is 4.49. The summed E-state index contributed by atoms with van der Waals surface area (Å²) in [4.78, 5) is 12.6. The molecule has 0 heterocycles. The zero-order valence-corrected chi connectivity index (χ0v) is 23.7. The maximum Gasteiger partial charge on any atom is 0.266 e. The molecule has 0 bridgehead atoms. The predicted molar refractivity (Wildman–Crippen MR) is 153 cm³/mol. The average Bonchev–Trinajstić information content (AvgIpc) is 2.80. The van der Waals surface area contributed by atoms with Crippen LogP contribution < -0.4 is 14.8 Å². The van der Waals surface area contributed by atoms with Gasteiger partial charge >= 0.3 is 0 Å². The molecule has 0 saturated heterocycles. The Balaban J connectivity index is 1.73. The Hall–Kier alpha value is -2.00. The van der Waals surface area contributed by atoms with Crippen LogP contribution in [0.1, 0.15) is 18.1 Å². The van der Waals surface area contributed by atoms with Crippen LogP contribution in [0.15, 0.2) is 60.2 Å². The quantitative estimate of drug-likeness (QED) is 0.147. The van der Waals surface area contributed by atoms with Gasteiger partial charge in [0.1, 0.15) is 29.7 Å². The molecule has 0 saturated carbocycles. The maximum atomic E-state index is 12.6. The third-order valence-corrected chi connectivity index (χ3v) is 6.83. The summed E-state index contributed by atoms with van der Waals surface area (Å²) in [5.41, 5.74) is 2.17. The Bertz CT molecular complexity index is 1250. The van der Waals surface area contributed by atoms with Crippen molar-refractivity contribution >= 4 is 86.1 Å². The summed E-state index contributed by atoms with van der Waals surface area (Å²) in [5, 5.41) is 13.2. The zero-order valence-electron chi connectivity index (χ0n) is 17.9. The van der Waals surface area contributed by atoms with Gasteiger partial charge in [-0.2, -0.15) is 5.26 Å². The molecule has 0 aliphatic heterocycles. The van der Waals surface area contributed by atoms with Crippen molar-refractivity contribution in [2.24, 2.45) is 0 Å². The van der Waals surface area contributed by atoms with Crippen LogP contribution in [0, 0.1) is 18.5 Å². The van der Waals surface area contributed by atoms with Gasteiger partial charge in [0.15, 0.2) is 0 Å². The van der Waals surface area contributed by atoms with Crippen molar-refractivity contribution in [2.75, 3.05) is 11.9 Å². The molecule has 0 aliphatic rings. The molecular formula is C25H18Cl2I2N2O3. The molecule has 0 aliphatic carbocycles. The number of rotatable bonds is 8. The molecule has 0 radical (unpaired) electrons. The van der Waals surface area contributed by atoms with E-state index in [1.165, 1.54) is 0 Å². The number of ether oxygens (including phenoxy) is 2. The molecule has 0 unspecified atom stereocenters. The standard InChI is InChI=1S/C25H18Cl2I2N2O3/c1-2-33-19-6-4-18(5-7-19)31-25(32)17(13-30)9-16-11-22(28)24(23(29)12-16)34-14-15-3-8-20(26)21(27)10-15/h3-12H,2,14H2,1H3,(H,31,32)/b17-9+. The van der Waals surface area contributed by atoms with Gasteiger partial charge in [-0.3, -0.25) is 4.79 Å². The van der Waals surface area contributed by atoms with Crippen molar-refractivity contribution in [3.8, 4) is 17.6 Å². The highest BCUT2D eigenvalue weighted by Gasteiger charge is 2.13. The number of benzene rings is 3. The van der Waals surface area contributed by atoms with Gasteiger partial charge in [-0.1, -0.05) is 29.3 Å². The molecule has 0 atom stereocenters. The van der Waals surface area contributed by atoms with Gasteiger partial charge in [-0.25, -0.2) is 0 Å². The number of nitrogens with zero attached hydrogens (tertiary/aromatic N) is 1. The van der Waals surface area contributed by atoms with Crippen LogP contribution in [-0.2, 0) is 11.4 Å². The SMILES string of the molecule is CCOc1ccc(NC(=O)/C(C#N)=C/c2cc(I)c(OCc3ccc(Cl)c(Cl)c3)c(I)c2)cc1. The van der Waals surface area contributed by atoms with Crippen molar-refractivity contribution < 1.29 is 14.3 Å². The van der Waals surface area contributed by atoms with Crippen molar-refractivity contribution in [1.82, 2.24) is 0 Å². The van der Waals surface area contributed by atoms with Crippen molar-refractivity contribution in [3.05, 3.63) is 88.5 Å². The molecule has 3 aromatic carbocycles. The number of carbonyl (C=O) groups is 1. The lowest BCUT2D eigenvalue weighted by atomic mass is 10.1. The highest BCUT2D eigenvalue weighted by molar-refractivity contribution is 14.1. The molecule has 174 valence electrons. The number of hydrogen-bond acceptors (Lipinski definition) is 4. The summed E-state index contributed by atoms with van der Waals surface area (Å²) in [7, 11) is 0. The van der Waals surface area contributed by atoms with E-state index in [4.69, 9.17) is 32.7 Å². The summed E-state index contributed by atoms with van der Waals surface area (Å²) in [6.07, 6.45) is 1.55. The molecule has 0 aromatic heterocycles. The Morgan fingerprint density at radius 1 is 1.03 bits per heavy atom. The van der Waals surface area contributed by atoms with E-state index in [2.05, 4.69) is 50.5 Å². The van der Waals surface area contributed by atoms with Crippen LogP contribution in [0.25, 0.3) is 6.08 Å². The summed E-state index contributed by atoms with van der Waals surface area (Å²) < 4.78 is 13.1. The molecule has 34 heavy (non-hydrogen) atoms. The van der Waals surface area contributed by atoms with Crippen LogP contribution in [0.5, 0.6) is 11.5 Å². The fourth-order valence-electron chi connectivity index (χ4n) is 2.90. The molecule has 3 rings (SSSR count). The number of nitrogens with one attached hydrogen (secondary N) is 1. The van der Waals surface area contributed by atoms with Gasteiger partial charge < -0.3 is 14.8 Å². The minimum absolute atomic E-state index is 0.00930. The van der Waals surface area contributed by atoms with Crippen LogP contribution in [0.4, 0.5) is 5.69 Å². The van der Waals surface area contributed by atoms with Gasteiger partial charge in [0.2, 0.25) is 0 Å². The first-order valence-electron chi connectivity index (χ1n) is 10.0. The summed E-state index contributed by atoms with van der Waals surface area (Å²) in [6.45, 7) is 2.78. The van der Waals surface area contributed by atoms with Crippen molar-refractivity contribution in [3.63, 3.8) is 0 Å². The van der Waals surface area contributed by atoms with Crippen LogP contribution in [0.3, 0.4) is 0 Å². The lowest BCUT2D eigenvalue weighted by molar-refractivity contribution is -0.112. The van der Waals surface area contributed by atoms with E-state index >= 15 is 0 Å². The minimum Gasteiger partial charge on any atom is -0.494 e. The molecule has 1 N–H and O–H groups in total. The van der Waals surface area contributed by atoms with Gasteiger partial charge in [0, 0.05) is 5.69 Å². The Labute approximate surface area is 235 Å². The number of carbonyl (C=O) groups excluding carboxylic acids is 1. The lowest BCUT2D eigenvalue weighted by Gasteiger charge is -2.12. The largest absolute Gasteiger partial charge is 0.494 e. The average molecular weight is 719 g/mol. The first-order valence-corrected chi connectivity index (χ1v) is 12.9. The topological polar surface area (TPSA) is 71.3 Å². The molecule has 5 nitrogen and oxygen atoms in total. The van der Waals surface area contributed by atoms with E-state index in [9.17, 15) is 10.1 Å². The minimum atomic E-state index is -0.489. The molecule has 0 spiro atoms. The van der Waals surface area contributed by atoms with E-state index in [0.717, 1.165) is 12.7 Å². The molecular weight excluding hydrogens is 701 g/mol. The zero-order chi connectivity index (χ0) is 24.7. The summed E-state index contributed by atoms with van der Waals surface area (Å²) >= 11 is 16.4. The van der Waals surface area contributed by atoms with E-state index in [-0.39, 0.29) is 5.57 Å². The number of halogens is 4. The number of anilines is 1. The Morgan fingerprint density at radius 3 is 2.29 bits per heavy atom. The van der Waals surface area contributed by atoms with Crippen LogP contribution >= 0.6 is 68.4 Å². The fourth-order valence-corrected chi connectivity index (χ4v) is 5.35. The number of nitriles is 1. The smallest absolute Gasteiger partial charge is 0.266 e. The first kappa shape index (κ1) is 26.6. The maximum absolute atomic E-state index is 12.6. The van der Waals surface area contributed by atoms with E-state index in [1.54, 1.807) is 42.5 Å². The molecule has 1 amide bonds. The first-order chi connectivity index (χ1) is 16.3. The van der Waals surface area contributed by atoms with E-state index < -0.39 is 5.91 Å². The Kier molecular flexibility index (Phi) is 9.88. The van der Waals surface area contributed by atoms with Crippen molar-refractivity contribution in [2.45, 2.75) is 13.5 Å². The highest BCUT2D eigenvalue weighted by Crippen LogP contribution is 2.31. The second-order valence-electron chi connectivity index (χ2n) is 6.93. The number of amides is 1. The molecule has 0 fully saturated rings.